The molecule has 1 aliphatic rings. The van der Waals surface area contributed by atoms with E-state index in [9.17, 15) is 18.7 Å². The molecule has 1 aliphatic heterocycles. The zero-order valence-electron chi connectivity index (χ0n) is 22.3. The Labute approximate surface area is 235 Å². The molecule has 0 saturated carbocycles. The lowest BCUT2D eigenvalue weighted by atomic mass is 10.1. The summed E-state index contributed by atoms with van der Waals surface area (Å²) < 4.78 is 38.4. The maximum Gasteiger partial charge on any atom is 0.254 e. The SMILES string of the molecule is C=CC(C(N)=Nc1ccc(Oc2cccc(F)c2F)cc1C)=C(O)c1cc2c(C(=O)N3CCOCC3)cccc2[nH]1. The van der Waals surface area contributed by atoms with E-state index < -0.39 is 11.6 Å². The molecule has 41 heavy (non-hydrogen) atoms. The van der Waals surface area contributed by atoms with Gasteiger partial charge in [0.15, 0.2) is 11.6 Å². The monoisotopic (exact) mass is 558 g/mol. The molecule has 0 atom stereocenters. The number of nitrogens with one attached hydrogen (secondary N) is 1. The van der Waals surface area contributed by atoms with Crippen molar-refractivity contribution < 1.29 is 28.2 Å². The van der Waals surface area contributed by atoms with Crippen molar-refractivity contribution in [3.63, 3.8) is 0 Å². The number of fused-ring (bicyclic) bond motifs is 1. The van der Waals surface area contributed by atoms with Gasteiger partial charge >= 0.3 is 0 Å². The first-order chi connectivity index (χ1) is 19.8. The van der Waals surface area contributed by atoms with Gasteiger partial charge in [0.2, 0.25) is 5.82 Å². The number of aryl methyl sites for hydroxylation is 1. The van der Waals surface area contributed by atoms with Gasteiger partial charge in [0, 0.05) is 29.6 Å². The maximum absolute atomic E-state index is 14.0. The topological polar surface area (TPSA) is 113 Å². The van der Waals surface area contributed by atoms with Crippen molar-refractivity contribution in [1.82, 2.24) is 9.88 Å². The normalized spacial score (nSPS) is 14.6. The number of rotatable bonds is 7. The van der Waals surface area contributed by atoms with Crippen molar-refractivity contribution in [2.75, 3.05) is 26.3 Å². The van der Waals surface area contributed by atoms with Gasteiger partial charge in [-0.05, 0) is 61.0 Å². The van der Waals surface area contributed by atoms with Gasteiger partial charge in [0.1, 0.15) is 17.3 Å². The predicted molar refractivity (Wildman–Crippen MR) is 154 cm³/mol. The van der Waals surface area contributed by atoms with Crippen LogP contribution in [-0.4, -0.2) is 53.0 Å². The number of ether oxygens (including phenoxy) is 2. The fourth-order valence-electron chi connectivity index (χ4n) is 4.57. The number of morpholine rings is 1. The highest BCUT2D eigenvalue weighted by Gasteiger charge is 2.22. The average Bonchev–Trinajstić information content (AvgIpc) is 3.42. The van der Waals surface area contributed by atoms with Crippen molar-refractivity contribution in [1.29, 1.82) is 0 Å². The molecule has 0 radical (unpaired) electrons. The number of aliphatic hydroxyl groups excluding tert-OH is 1. The van der Waals surface area contributed by atoms with Crippen LogP contribution in [-0.2, 0) is 4.74 Å². The summed E-state index contributed by atoms with van der Waals surface area (Å²) in [6, 6.07) is 15.5. The summed E-state index contributed by atoms with van der Waals surface area (Å²) in [4.78, 5) is 22.5. The van der Waals surface area contributed by atoms with Crippen molar-refractivity contribution >= 4 is 34.1 Å². The van der Waals surface area contributed by atoms with Crippen LogP contribution in [0.1, 0.15) is 21.6 Å². The summed E-state index contributed by atoms with van der Waals surface area (Å²) >= 11 is 0. The zero-order chi connectivity index (χ0) is 29.1. The molecule has 0 bridgehead atoms. The third-order valence-electron chi connectivity index (χ3n) is 6.74. The van der Waals surface area contributed by atoms with Crippen LogP contribution in [0.5, 0.6) is 11.5 Å². The molecule has 0 aliphatic carbocycles. The van der Waals surface area contributed by atoms with Crippen LogP contribution in [0.3, 0.4) is 0 Å². The Morgan fingerprint density at radius 2 is 1.90 bits per heavy atom. The van der Waals surface area contributed by atoms with Crippen molar-refractivity contribution in [2.24, 2.45) is 10.7 Å². The molecule has 5 rings (SSSR count). The molecular formula is C31H28F2N4O4. The summed E-state index contributed by atoms with van der Waals surface area (Å²) in [6.45, 7) is 7.54. The van der Waals surface area contributed by atoms with E-state index in [2.05, 4.69) is 16.6 Å². The second-order valence-electron chi connectivity index (χ2n) is 9.42. The van der Waals surface area contributed by atoms with E-state index in [1.807, 2.05) is 6.07 Å². The number of hydrogen-bond donors (Lipinski definition) is 3. The minimum atomic E-state index is -1.08. The molecule has 1 fully saturated rings. The Morgan fingerprint density at radius 1 is 1.15 bits per heavy atom. The highest BCUT2D eigenvalue weighted by molar-refractivity contribution is 6.09. The molecule has 3 aromatic carbocycles. The van der Waals surface area contributed by atoms with Crippen LogP contribution in [0.15, 0.2) is 83.9 Å². The Bertz CT molecular complexity index is 1700. The second-order valence-corrected chi connectivity index (χ2v) is 9.42. The standard InChI is InChI=1S/C31H28F2N4O4/c1-3-20(30(34)36-24-11-10-19(16-18(24)2)41-27-9-5-7-23(32)28(27)33)29(38)26-17-22-21(6-4-8-25(22)35-26)31(39)37-12-14-40-15-13-37/h3-11,16-17,35,38H,1,12-15H2,2H3,(H2,34,36). The summed E-state index contributed by atoms with van der Waals surface area (Å²) in [6.07, 6.45) is 1.39. The average molecular weight is 559 g/mol. The first-order valence-electron chi connectivity index (χ1n) is 12.9. The minimum Gasteiger partial charge on any atom is -0.505 e. The Kier molecular flexibility index (Phi) is 7.84. The number of aromatic nitrogens is 1. The molecule has 0 spiro atoms. The summed E-state index contributed by atoms with van der Waals surface area (Å²) in [5, 5.41) is 11.8. The molecule has 1 aromatic heterocycles. The third-order valence-corrected chi connectivity index (χ3v) is 6.74. The van der Waals surface area contributed by atoms with Gasteiger partial charge in [-0.15, -0.1) is 0 Å². The van der Waals surface area contributed by atoms with Crippen LogP contribution >= 0.6 is 0 Å². The van der Waals surface area contributed by atoms with Crippen molar-refractivity contribution in [2.45, 2.75) is 6.92 Å². The van der Waals surface area contributed by atoms with Crippen LogP contribution in [0, 0.1) is 18.6 Å². The van der Waals surface area contributed by atoms with Gasteiger partial charge in [-0.3, -0.25) is 4.79 Å². The lowest BCUT2D eigenvalue weighted by Crippen LogP contribution is -2.40. The van der Waals surface area contributed by atoms with E-state index in [4.69, 9.17) is 15.2 Å². The number of nitrogens with zero attached hydrogens (tertiary/aromatic N) is 2. The van der Waals surface area contributed by atoms with Gasteiger partial charge in [0.05, 0.1) is 30.2 Å². The van der Waals surface area contributed by atoms with Crippen LogP contribution in [0.25, 0.3) is 16.7 Å². The molecule has 210 valence electrons. The minimum absolute atomic E-state index is 0.00582. The van der Waals surface area contributed by atoms with Crippen molar-refractivity contribution in [3.8, 4) is 11.5 Å². The highest BCUT2D eigenvalue weighted by atomic mass is 19.2. The van der Waals surface area contributed by atoms with E-state index in [0.717, 1.165) is 6.07 Å². The van der Waals surface area contributed by atoms with Gasteiger partial charge in [-0.25, -0.2) is 9.38 Å². The summed E-state index contributed by atoms with van der Waals surface area (Å²) in [7, 11) is 0. The van der Waals surface area contributed by atoms with Crippen molar-refractivity contribution in [3.05, 3.63) is 107 Å². The largest absolute Gasteiger partial charge is 0.505 e. The fraction of sp³-hybridized carbons (Fsp3) is 0.161. The summed E-state index contributed by atoms with van der Waals surface area (Å²) in [5.74, 6) is -2.35. The van der Waals surface area contributed by atoms with Gasteiger partial charge in [0.25, 0.3) is 5.91 Å². The number of carbonyl (C=O) groups is 1. The number of nitrogens with two attached hydrogens (primary N) is 1. The number of amidine groups is 1. The van der Waals surface area contributed by atoms with E-state index in [-0.39, 0.29) is 34.6 Å². The molecule has 4 aromatic rings. The Balaban J connectivity index is 1.43. The Hall–Kier alpha value is -4.96. The molecule has 2 heterocycles. The number of halogens is 2. The van der Waals surface area contributed by atoms with Gasteiger partial charge in [-0.1, -0.05) is 24.8 Å². The lowest BCUT2D eigenvalue weighted by molar-refractivity contribution is 0.0304. The van der Waals surface area contributed by atoms with Crippen LogP contribution in [0.4, 0.5) is 14.5 Å². The number of carbonyl (C=O) groups excluding carboxylic acids is 1. The molecular weight excluding hydrogens is 530 g/mol. The smallest absolute Gasteiger partial charge is 0.254 e. The number of amides is 1. The van der Waals surface area contributed by atoms with Crippen LogP contribution < -0.4 is 10.5 Å². The quantitative estimate of drug-likeness (QED) is 0.109. The third kappa shape index (κ3) is 5.68. The maximum atomic E-state index is 14.0. The van der Waals surface area contributed by atoms with E-state index >= 15 is 0 Å². The molecule has 1 saturated heterocycles. The highest BCUT2D eigenvalue weighted by Crippen LogP contribution is 2.31. The van der Waals surface area contributed by atoms with Crippen LogP contribution in [0.2, 0.25) is 0 Å². The number of hydrogen-bond acceptors (Lipinski definition) is 5. The van der Waals surface area contributed by atoms with E-state index in [1.165, 1.54) is 18.2 Å². The summed E-state index contributed by atoms with van der Waals surface area (Å²) in [5.41, 5.74) is 9.10. The number of aromatic amines is 1. The molecule has 1 amide bonds. The Morgan fingerprint density at radius 3 is 2.63 bits per heavy atom. The molecule has 10 heteroatoms. The molecule has 4 N–H and O–H groups in total. The van der Waals surface area contributed by atoms with Gasteiger partial charge < -0.3 is 30.2 Å². The second kappa shape index (κ2) is 11.6. The number of benzene rings is 3. The number of aliphatic hydroxyl groups is 1. The predicted octanol–water partition coefficient (Wildman–Crippen LogP) is 6.16. The van der Waals surface area contributed by atoms with E-state index in [0.29, 0.717) is 59.7 Å². The number of H-pyrrole nitrogens is 1. The first kappa shape index (κ1) is 27.6. The fourth-order valence-corrected chi connectivity index (χ4v) is 4.57. The van der Waals surface area contributed by atoms with E-state index in [1.54, 1.807) is 48.2 Å². The molecule has 0 unspecified atom stereocenters. The van der Waals surface area contributed by atoms with Gasteiger partial charge in [-0.2, -0.15) is 4.39 Å². The zero-order valence-corrected chi connectivity index (χ0v) is 22.3. The number of aliphatic imine (C=N–C) groups is 1. The first-order valence-corrected chi connectivity index (χ1v) is 12.9. The lowest BCUT2D eigenvalue weighted by Gasteiger charge is -2.27. The molecule has 8 nitrogen and oxygen atoms in total.